The minimum Gasteiger partial charge on any atom is -0.456 e. The molecule has 3 nitrogen and oxygen atoms in total. The van der Waals surface area contributed by atoms with Crippen LogP contribution in [-0.2, 0) is 0 Å². The number of hydrogen-bond acceptors (Lipinski definition) is 3. The van der Waals surface area contributed by atoms with Crippen molar-refractivity contribution >= 4 is 32.3 Å². The molecule has 3 heteroatoms. The van der Waals surface area contributed by atoms with Gasteiger partial charge in [0, 0.05) is 40.9 Å². The predicted molar refractivity (Wildman–Crippen MR) is 127 cm³/mol. The Kier molecular flexibility index (Phi) is 4.10. The van der Waals surface area contributed by atoms with Gasteiger partial charge in [-0.25, -0.2) is 0 Å². The van der Waals surface area contributed by atoms with Crippen LogP contribution in [0.25, 0.3) is 43.4 Å². The molecule has 0 amide bonds. The fourth-order valence-electron chi connectivity index (χ4n) is 4.27. The molecule has 0 saturated heterocycles. The highest BCUT2D eigenvalue weighted by molar-refractivity contribution is 6.17. The Morgan fingerprint density at radius 2 is 1.26 bits per heavy atom. The zero-order chi connectivity index (χ0) is 20.6. The van der Waals surface area contributed by atoms with Crippen molar-refractivity contribution in [1.82, 2.24) is 9.97 Å². The molecule has 2 aromatic heterocycles. The second kappa shape index (κ2) is 7.22. The quantitative estimate of drug-likeness (QED) is 0.291. The number of fused-ring (bicyclic) bond motifs is 3. The van der Waals surface area contributed by atoms with Crippen molar-refractivity contribution in [2.24, 2.45) is 0 Å². The summed E-state index contributed by atoms with van der Waals surface area (Å²) in [5.41, 5.74) is 2.34. The first-order valence-corrected chi connectivity index (χ1v) is 10.2. The Labute approximate surface area is 179 Å². The number of pyridine rings is 2. The van der Waals surface area contributed by atoms with E-state index in [1.807, 2.05) is 30.6 Å². The molecular formula is C28H18N2O. The lowest BCUT2D eigenvalue weighted by Gasteiger charge is -2.17. The number of hydrogen-bond donors (Lipinski definition) is 0. The fourth-order valence-corrected chi connectivity index (χ4v) is 4.27. The van der Waals surface area contributed by atoms with Crippen LogP contribution in [0.15, 0.2) is 110 Å². The van der Waals surface area contributed by atoms with Gasteiger partial charge in [0.1, 0.15) is 11.5 Å². The summed E-state index contributed by atoms with van der Waals surface area (Å²) >= 11 is 0. The van der Waals surface area contributed by atoms with Gasteiger partial charge in [-0.05, 0) is 51.6 Å². The van der Waals surface area contributed by atoms with Crippen molar-refractivity contribution in [2.45, 2.75) is 0 Å². The molecule has 31 heavy (non-hydrogen) atoms. The second-order valence-corrected chi connectivity index (χ2v) is 7.52. The van der Waals surface area contributed by atoms with E-state index < -0.39 is 0 Å². The molecule has 6 aromatic rings. The van der Waals surface area contributed by atoms with Gasteiger partial charge >= 0.3 is 0 Å². The van der Waals surface area contributed by atoms with Gasteiger partial charge in [-0.3, -0.25) is 9.97 Å². The minimum absolute atomic E-state index is 0.761. The van der Waals surface area contributed by atoms with Gasteiger partial charge in [0.2, 0.25) is 0 Å². The van der Waals surface area contributed by atoms with Gasteiger partial charge in [0.15, 0.2) is 0 Å². The number of benzene rings is 4. The molecule has 0 saturated carbocycles. The van der Waals surface area contributed by atoms with Crippen LogP contribution in [0.3, 0.4) is 0 Å². The maximum absolute atomic E-state index is 6.40. The largest absolute Gasteiger partial charge is 0.456 e. The summed E-state index contributed by atoms with van der Waals surface area (Å²) in [4.78, 5) is 8.55. The fraction of sp³-hybridized carbons (Fsp3) is 0. The Morgan fingerprint density at radius 3 is 2.13 bits per heavy atom. The summed E-state index contributed by atoms with van der Waals surface area (Å²) < 4.78 is 6.40. The first kappa shape index (κ1) is 17.6. The van der Waals surface area contributed by atoms with E-state index in [1.165, 1.54) is 21.9 Å². The van der Waals surface area contributed by atoms with Crippen LogP contribution in [-0.4, -0.2) is 9.97 Å². The molecule has 6 rings (SSSR count). The number of nitrogens with zero attached hydrogens (tertiary/aromatic N) is 2. The van der Waals surface area contributed by atoms with E-state index in [2.05, 4.69) is 76.7 Å². The maximum Gasteiger partial charge on any atom is 0.143 e. The van der Waals surface area contributed by atoms with Crippen molar-refractivity contribution in [3.8, 4) is 22.6 Å². The van der Waals surface area contributed by atoms with Crippen molar-refractivity contribution in [3.05, 3.63) is 110 Å². The summed E-state index contributed by atoms with van der Waals surface area (Å²) in [7, 11) is 0. The molecule has 0 aliphatic heterocycles. The van der Waals surface area contributed by atoms with E-state index in [0.717, 1.165) is 33.0 Å². The normalized spacial score (nSPS) is 11.2. The first-order chi connectivity index (χ1) is 15.4. The molecule has 0 unspecified atom stereocenters. The summed E-state index contributed by atoms with van der Waals surface area (Å²) in [6, 6.07) is 29.3. The third kappa shape index (κ3) is 2.99. The average Bonchev–Trinajstić information content (AvgIpc) is 2.84. The standard InChI is InChI=1S/C28H18N2O/c1-2-6-20-17-21(10-9-19(20)5-1)27-23-7-3-4-8-24(23)28(25-13-16-30-18-26(25)27)31-22-11-14-29-15-12-22/h1-18H. The average molecular weight is 398 g/mol. The summed E-state index contributed by atoms with van der Waals surface area (Å²) in [5.74, 6) is 1.60. The third-order valence-electron chi connectivity index (χ3n) is 5.68. The van der Waals surface area contributed by atoms with Crippen LogP contribution in [0, 0.1) is 0 Å². The highest BCUT2D eigenvalue weighted by Crippen LogP contribution is 2.44. The molecule has 0 spiro atoms. The van der Waals surface area contributed by atoms with Crippen LogP contribution in [0.2, 0.25) is 0 Å². The lowest BCUT2D eigenvalue weighted by molar-refractivity contribution is 0.493. The van der Waals surface area contributed by atoms with E-state index in [4.69, 9.17) is 4.74 Å². The van der Waals surface area contributed by atoms with Crippen molar-refractivity contribution < 1.29 is 4.74 Å². The van der Waals surface area contributed by atoms with Gasteiger partial charge in [0.25, 0.3) is 0 Å². The van der Waals surface area contributed by atoms with Gasteiger partial charge in [-0.15, -0.1) is 0 Å². The molecular weight excluding hydrogens is 380 g/mol. The van der Waals surface area contributed by atoms with Gasteiger partial charge in [0.05, 0.1) is 0 Å². The zero-order valence-electron chi connectivity index (χ0n) is 16.7. The predicted octanol–water partition coefficient (Wildman–Crippen LogP) is 7.40. The molecule has 0 bridgehead atoms. The van der Waals surface area contributed by atoms with Crippen molar-refractivity contribution in [1.29, 1.82) is 0 Å². The maximum atomic E-state index is 6.40. The SMILES string of the molecule is c1ccc2cc(-c3c4ccccc4c(Oc4ccncc4)c4ccncc34)ccc2c1. The van der Waals surface area contributed by atoms with Crippen LogP contribution in [0.4, 0.5) is 0 Å². The third-order valence-corrected chi connectivity index (χ3v) is 5.68. The monoisotopic (exact) mass is 398 g/mol. The molecule has 0 radical (unpaired) electrons. The first-order valence-electron chi connectivity index (χ1n) is 10.2. The van der Waals surface area contributed by atoms with Crippen LogP contribution in [0.5, 0.6) is 11.5 Å². The van der Waals surface area contributed by atoms with Crippen molar-refractivity contribution in [3.63, 3.8) is 0 Å². The van der Waals surface area contributed by atoms with Gasteiger partial charge in [-0.1, -0.05) is 60.7 Å². The minimum atomic E-state index is 0.761. The number of aromatic nitrogens is 2. The number of ether oxygens (including phenoxy) is 1. The molecule has 0 N–H and O–H groups in total. The lowest BCUT2D eigenvalue weighted by atomic mass is 9.91. The van der Waals surface area contributed by atoms with E-state index in [-0.39, 0.29) is 0 Å². The smallest absolute Gasteiger partial charge is 0.143 e. The zero-order valence-corrected chi connectivity index (χ0v) is 16.7. The van der Waals surface area contributed by atoms with E-state index in [9.17, 15) is 0 Å². The highest BCUT2D eigenvalue weighted by atomic mass is 16.5. The van der Waals surface area contributed by atoms with E-state index in [0.29, 0.717) is 0 Å². The molecule has 2 heterocycles. The van der Waals surface area contributed by atoms with Crippen LogP contribution >= 0.6 is 0 Å². The summed E-state index contributed by atoms with van der Waals surface area (Å²) in [6.07, 6.45) is 7.24. The van der Waals surface area contributed by atoms with Crippen molar-refractivity contribution in [2.75, 3.05) is 0 Å². The van der Waals surface area contributed by atoms with E-state index in [1.54, 1.807) is 12.4 Å². The topological polar surface area (TPSA) is 35.0 Å². The molecule has 0 aliphatic carbocycles. The van der Waals surface area contributed by atoms with Crippen LogP contribution in [0.1, 0.15) is 0 Å². The van der Waals surface area contributed by atoms with Crippen LogP contribution < -0.4 is 4.74 Å². The number of rotatable bonds is 3. The molecule has 0 atom stereocenters. The molecule has 4 aromatic carbocycles. The Hall–Kier alpha value is -4.24. The Balaban J connectivity index is 1.69. The molecule has 0 fully saturated rings. The molecule has 0 aliphatic rings. The van der Waals surface area contributed by atoms with Gasteiger partial charge in [-0.2, -0.15) is 0 Å². The Bertz CT molecular complexity index is 1500. The molecule has 146 valence electrons. The Morgan fingerprint density at radius 1 is 0.548 bits per heavy atom. The lowest BCUT2D eigenvalue weighted by Crippen LogP contribution is -1.93. The van der Waals surface area contributed by atoms with E-state index >= 15 is 0 Å². The summed E-state index contributed by atoms with van der Waals surface area (Å²) in [6.45, 7) is 0. The second-order valence-electron chi connectivity index (χ2n) is 7.52. The summed E-state index contributed by atoms with van der Waals surface area (Å²) in [5, 5.41) is 6.77. The van der Waals surface area contributed by atoms with Gasteiger partial charge < -0.3 is 4.74 Å². The highest BCUT2D eigenvalue weighted by Gasteiger charge is 2.17.